The third-order valence-electron chi connectivity index (χ3n) is 3.85. The van der Waals surface area contributed by atoms with Gasteiger partial charge in [0.15, 0.2) is 0 Å². The molecule has 1 heterocycles. The number of halogens is 1. The van der Waals surface area contributed by atoms with Crippen molar-refractivity contribution < 1.29 is 4.74 Å². The Morgan fingerprint density at radius 1 is 1.14 bits per heavy atom. The summed E-state index contributed by atoms with van der Waals surface area (Å²) in [4.78, 5) is 0. The number of rotatable bonds is 5. The summed E-state index contributed by atoms with van der Waals surface area (Å²) in [6.07, 6.45) is 3.08. The largest absolute Gasteiger partial charge is 0.497 e. The maximum absolute atomic E-state index is 5.75. The summed E-state index contributed by atoms with van der Waals surface area (Å²) in [6.45, 7) is 1.50. The minimum atomic E-state index is 0.647. The smallest absolute Gasteiger partial charge is 0.119 e. The van der Waals surface area contributed by atoms with E-state index in [1.54, 1.807) is 7.11 Å². The van der Waals surface area contributed by atoms with Crippen LogP contribution in [-0.4, -0.2) is 18.2 Å². The molecular formula is C18H19BrN2O. The van der Waals surface area contributed by atoms with Crippen LogP contribution in [0.2, 0.25) is 0 Å². The van der Waals surface area contributed by atoms with Gasteiger partial charge in [-0.05, 0) is 54.4 Å². The van der Waals surface area contributed by atoms with Crippen molar-refractivity contribution in [1.82, 2.24) is 4.57 Å². The minimum Gasteiger partial charge on any atom is -0.497 e. The highest BCUT2D eigenvalue weighted by Crippen LogP contribution is 2.27. The SMILES string of the molecule is COc1ccc2c(c1)c(CCN)cn2Cc1ccc(Br)cc1. The molecular weight excluding hydrogens is 340 g/mol. The average molecular weight is 359 g/mol. The maximum Gasteiger partial charge on any atom is 0.119 e. The van der Waals surface area contributed by atoms with Crippen LogP contribution >= 0.6 is 15.9 Å². The standard InChI is InChI=1S/C18H19BrN2O/c1-22-16-6-7-18-17(10-16)14(8-9-20)12-21(18)11-13-2-4-15(19)5-3-13/h2-7,10,12H,8-9,11,20H2,1H3. The van der Waals surface area contributed by atoms with Crippen LogP contribution in [-0.2, 0) is 13.0 Å². The van der Waals surface area contributed by atoms with E-state index in [0.717, 1.165) is 23.2 Å². The molecule has 0 aliphatic rings. The Kier molecular flexibility index (Phi) is 4.50. The van der Waals surface area contributed by atoms with Crippen molar-refractivity contribution in [2.75, 3.05) is 13.7 Å². The molecule has 114 valence electrons. The van der Waals surface area contributed by atoms with Gasteiger partial charge in [0.1, 0.15) is 5.75 Å². The summed E-state index contributed by atoms with van der Waals surface area (Å²) < 4.78 is 8.73. The first-order valence-corrected chi connectivity index (χ1v) is 8.11. The highest BCUT2D eigenvalue weighted by Gasteiger charge is 2.09. The molecule has 0 aliphatic carbocycles. The molecule has 3 rings (SSSR count). The molecule has 0 bridgehead atoms. The van der Waals surface area contributed by atoms with Crippen molar-refractivity contribution in [2.24, 2.45) is 5.73 Å². The van der Waals surface area contributed by atoms with Crippen LogP contribution in [0.4, 0.5) is 0 Å². The first-order valence-electron chi connectivity index (χ1n) is 7.31. The number of benzene rings is 2. The van der Waals surface area contributed by atoms with Crippen LogP contribution in [0.25, 0.3) is 10.9 Å². The normalized spacial score (nSPS) is 11.0. The Morgan fingerprint density at radius 3 is 2.59 bits per heavy atom. The quantitative estimate of drug-likeness (QED) is 0.749. The van der Waals surface area contributed by atoms with Gasteiger partial charge < -0.3 is 15.0 Å². The molecule has 1 aromatic heterocycles. The first-order chi connectivity index (χ1) is 10.7. The number of hydrogen-bond donors (Lipinski definition) is 1. The second-order valence-corrected chi connectivity index (χ2v) is 6.25. The van der Waals surface area contributed by atoms with Gasteiger partial charge in [-0.3, -0.25) is 0 Å². The summed E-state index contributed by atoms with van der Waals surface area (Å²) in [7, 11) is 1.70. The summed E-state index contributed by atoms with van der Waals surface area (Å²) >= 11 is 3.48. The van der Waals surface area contributed by atoms with Crippen LogP contribution in [0.1, 0.15) is 11.1 Å². The molecule has 2 N–H and O–H groups in total. The van der Waals surface area contributed by atoms with E-state index in [1.165, 1.54) is 22.0 Å². The van der Waals surface area contributed by atoms with E-state index in [4.69, 9.17) is 10.5 Å². The number of nitrogens with two attached hydrogens (primary N) is 1. The van der Waals surface area contributed by atoms with E-state index in [2.05, 4.69) is 63.1 Å². The maximum atomic E-state index is 5.75. The summed E-state index contributed by atoms with van der Waals surface area (Å²) in [6, 6.07) is 14.7. The number of ether oxygens (including phenoxy) is 1. The predicted molar refractivity (Wildman–Crippen MR) is 94.5 cm³/mol. The Balaban J connectivity index is 2.03. The Bertz CT molecular complexity index is 778. The Labute approximate surface area is 138 Å². The summed E-state index contributed by atoms with van der Waals surface area (Å²) in [5.74, 6) is 0.882. The summed E-state index contributed by atoms with van der Waals surface area (Å²) in [5, 5.41) is 1.22. The van der Waals surface area contributed by atoms with Crippen molar-refractivity contribution >= 4 is 26.8 Å². The van der Waals surface area contributed by atoms with E-state index >= 15 is 0 Å². The fourth-order valence-electron chi connectivity index (χ4n) is 2.75. The third-order valence-corrected chi connectivity index (χ3v) is 4.38. The number of aromatic nitrogens is 1. The van der Waals surface area contributed by atoms with E-state index < -0.39 is 0 Å². The van der Waals surface area contributed by atoms with E-state index in [-0.39, 0.29) is 0 Å². The highest BCUT2D eigenvalue weighted by molar-refractivity contribution is 9.10. The van der Waals surface area contributed by atoms with Crippen LogP contribution in [0.15, 0.2) is 53.1 Å². The molecule has 0 fully saturated rings. The topological polar surface area (TPSA) is 40.2 Å². The van der Waals surface area contributed by atoms with E-state index in [0.29, 0.717) is 6.54 Å². The lowest BCUT2D eigenvalue weighted by Crippen LogP contribution is -2.02. The van der Waals surface area contributed by atoms with Crippen molar-refractivity contribution in [3.8, 4) is 5.75 Å². The number of fused-ring (bicyclic) bond motifs is 1. The fourth-order valence-corrected chi connectivity index (χ4v) is 3.01. The van der Waals surface area contributed by atoms with E-state index in [9.17, 15) is 0 Å². The molecule has 0 unspecified atom stereocenters. The molecule has 22 heavy (non-hydrogen) atoms. The molecule has 0 atom stereocenters. The predicted octanol–water partition coefficient (Wildman–Crippen LogP) is 3.96. The zero-order valence-electron chi connectivity index (χ0n) is 12.6. The van der Waals surface area contributed by atoms with Gasteiger partial charge in [-0.25, -0.2) is 0 Å². The highest BCUT2D eigenvalue weighted by atomic mass is 79.9. The van der Waals surface area contributed by atoms with Gasteiger partial charge in [0, 0.05) is 28.1 Å². The van der Waals surface area contributed by atoms with Gasteiger partial charge in [0.05, 0.1) is 7.11 Å². The monoisotopic (exact) mass is 358 g/mol. The summed E-state index contributed by atoms with van der Waals surface area (Å²) in [5.41, 5.74) is 9.51. The second-order valence-electron chi connectivity index (χ2n) is 5.33. The zero-order valence-corrected chi connectivity index (χ0v) is 14.1. The average Bonchev–Trinajstić information content (AvgIpc) is 2.87. The molecule has 0 saturated carbocycles. The Morgan fingerprint density at radius 2 is 1.91 bits per heavy atom. The van der Waals surface area contributed by atoms with Crippen LogP contribution in [0.3, 0.4) is 0 Å². The van der Waals surface area contributed by atoms with E-state index in [1.807, 2.05) is 6.07 Å². The van der Waals surface area contributed by atoms with Gasteiger partial charge in [-0.2, -0.15) is 0 Å². The molecule has 3 aromatic rings. The first kappa shape index (κ1) is 15.1. The lowest BCUT2D eigenvalue weighted by Gasteiger charge is -2.06. The fraction of sp³-hybridized carbons (Fsp3) is 0.222. The van der Waals surface area contributed by atoms with Gasteiger partial charge in [0.2, 0.25) is 0 Å². The van der Waals surface area contributed by atoms with Gasteiger partial charge in [-0.1, -0.05) is 28.1 Å². The van der Waals surface area contributed by atoms with Crippen LogP contribution < -0.4 is 10.5 Å². The van der Waals surface area contributed by atoms with Crippen molar-refractivity contribution in [2.45, 2.75) is 13.0 Å². The molecule has 3 nitrogen and oxygen atoms in total. The Hall–Kier alpha value is -1.78. The van der Waals surface area contributed by atoms with Crippen LogP contribution in [0, 0.1) is 0 Å². The molecule has 0 spiro atoms. The van der Waals surface area contributed by atoms with Gasteiger partial charge >= 0.3 is 0 Å². The molecule has 0 radical (unpaired) electrons. The molecule has 0 aliphatic heterocycles. The van der Waals surface area contributed by atoms with Gasteiger partial charge in [0.25, 0.3) is 0 Å². The second kappa shape index (κ2) is 6.55. The minimum absolute atomic E-state index is 0.647. The van der Waals surface area contributed by atoms with Crippen molar-refractivity contribution in [1.29, 1.82) is 0 Å². The molecule has 4 heteroatoms. The zero-order chi connectivity index (χ0) is 15.5. The van der Waals surface area contributed by atoms with Crippen LogP contribution in [0.5, 0.6) is 5.75 Å². The number of hydrogen-bond acceptors (Lipinski definition) is 2. The third kappa shape index (κ3) is 3.03. The lowest BCUT2D eigenvalue weighted by molar-refractivity contribution is 0.415. The molecule has 0 saturated heterocycles. The van der Waals surface area contributed by atoms with Crippen molar-refractivity contribution in [3.05, 3.63) is 64.3 Å². The molecule has 2 aromatic carbocycles. The number of methoxy groups -OCH3 is 1. The van der Waals surface area contributed by atoms with Crippen molar-refractivity contribution in [3.63, 3.8) is 0 Å². The lowest BCUT2D eigenvalue weighted by atomic mass is 10.1. The number of nitrogens with zero attached hydrogens (tertiary/aromatic N) is 1. The molecule has 0 amide bonds. The van der Waals surface area contributed by atoms with Gasteiger partial charge in [-0.15, -0.1) is 0 Å².